The summed E-state index contributed by atoms with van der Waals surface area (Å²) in [4.78, 5) is 15.0. The van der Waals surface area contributed by atoms with Crippen LogP contribution in [0.25, 0.3) is 21.1 Å². The monoisotopic (exact) mass is 429 g/mol. The minimum Gasteiger partial charge on any atom is -0.390 e. The number of hydrogen-bond acceptors (Lipinski definition) is 4. The summed E-state index contributed by atoms with van der Waals surface area (Å²) < 4.78 is 1.09. The molecule has 0 amide bonds. The lowest BCUT2D eigenvalue weighted by molar-refractivity contribution is 0.607. The predicted octanol–water partition coefficient (Wildman–Crippen LogP) is 5.18. The van der Waals surface area contributed by atoms with E-state index in [-0.39, 0.29) is 5.92 Å². The van der Waals surface area contributed by atoms with Crippen molar-refractivity contribution in [2.75, 3.05) is 18.0 Å². The molecule has 1 aliphatic rings. The van der Waals surface area contributed by atoms with E-state index in [4.69, 9.17) is 33.9 Å². The normalized spacial score (nSPS) is 17.1. The summed E-state index contributed by atoms with van der Waals surface area (Å²) in [5, 5.41) is 3.61. The highest BCUT2D eigenvalue weighted by molar-refractivity contribution is 7.22. The molecule has 0 saturated heterocycles. The zero-order chi connectivity index (χ0) is 19.3. The van der Waals surface area contributed by atoms with E-state index < -0.39 is 0 Å². The van der Waals surface area contributed by atoms with Gasteiger partial charge in [-0.1, -0.05) is 34.5 Å². The Labute approximate surface area is 175 Å². The number of H-pyrrole nitrogens is 1. The molecule has 3 heterocycles. The van der Waals surface area contributed by atoms with Crippen LogP contribution in [0, 0.1) is 0 Å². The highest BCUT2D eigenvalue weighted by Gasteiger charge is 2.30. The Morgan fingerprint density at radius 2 is 2.07 bits per heavy atom. The number of hydrogen-bond donors (Lipinski definition) is 2. The summed E-state index contributed by atoms with van der Waals surface area (Å²) in [6.45, 7) is 2.20. The van der Waals surface area contributed by atoms with E-state index in [1.807, 2.05) is 36.4 Å². The van der Waals surface area contributed by atoms with Gasteiger partial charge in [-0.25, -0.2) is 4.98 Å². The average molecular weight is 430 g/mol. The molecule has 2 aromatic heterocycles. The number of anilines is 1. The average Bonchev–Trinajstić information content (AvgIpc) is 3.26. The highest BCUT2D eigenvalue weighted by Crippen LogP contribution is 2.39. The van der Waals surface area contributed by atoms with Crippen LogP contribution in [0.2, 0.25) is 10.0 Å². The van der Waals surface area contributed by atoms with E-state index in [2.05, 4.69) is 14.9 Å². The zero-order valence-corrected chi connectivity index (χ0v) is 17.2. The van der Waals surface area contributed by atoms with Crippen LogP contribution in [0.4, 0.5) is 5.13 Å². The Morgan fingerprint density at radius 3 is 2.93 bits per heavy atom. The number of nitrogens with two attached hydrogens (primary N) is 1. The van der Waals surface area contributed by atoms with Crippen LogP contribution in [-0.4, -0.2) is 29.4 Å². The SMILES string of the molecule is NC=NCC1CN(c2nc3ccc(Cl)cc3s2)Cc2[nH]c3ccc(Cl)cc3c21. The molecule has 5 rings (SSSR count). The van der Waals surface area contributed by atoms with Crippen molar-refractivity contribution >= 4 is 67.1 Å². The maximum absolute atomic E-state index is 6.26. The van der Waals surface area contributed by atoms with Crippen molar-refractivity contribution in [3.63, 3.8) is 0 Å². The number of nitrogens with one attached hydrogen (secondary N) is 1. The molecule has 1 aliphatic heterocycles. The zero-order valence-electron chi connectivity index (χ0n) is 14.8. The molecule has 0 saturated carbocycles. The van der Waals surface area contributed by atoms with Gasteiger partial charge in [0.05, 0.1) is 23.1 Å². The lowest BCUT2D eigenvalue weighted by atomic mass is 9.92. The molecule has 0 bridgehead atoms. The number of aromatic nitrogens is 2. The summed E-state index contributed by atoms with van der Waals surface area (Å²) in [7, 11) is 0. The van der Waals surface area contributed by atoms with Crippen molar-refractivity contribution in [2.45, 2.75) is 12.5 Å². The number of aliphatic imine (C=N–C) groups is 1. The van der Waals surface area contributed by atoms with Gasteiger partial charge in [0.1, 0.15) is 0 Å². The van der Waals surface area contributed by atoms with Crippen LogP contribution in [-0.2, 0) is 6.54 Å². The number of rotatable bonds is 3. The molecule has 1 atom stereocenters. The summed E-state index contributed by atoms with van der Waals surface area (Å²) in [5.74, 6) is 0.200. The van der Waals surface area contributed by atoms with Crippen molar-refractivity contribution in [1.82, 2.24) is 9.97 Å². The number of nitrogens with zero attached hydrogens (tertiary/aromatic N) is 3. The molecular weight excluding hydrogens is 413 g/mol. The molecule has 2 aromatic carbocycles. The molecule has 3 N–H and O–H groups in total. The Kier molecular flexibility index (Phi) is 4.42. The first-order valence-corrected chi connectivity index (χ1v) is 10.5. The van der Waals surface area contributed by atoms with Crippen LogP contribution in [0.5, 0.6) is 0 Å². The minimum absolute atomic E-state index is 0.200. The van der Waals surface area contributed by atoms with Gasteiger partial charge in [-0.05, 0) is 42.0 Å². The van der Waals surface area contributed by atoms with E-state index in [0.29, 0.717) is 6.54 Å². The fourth-order valence-electron chi connectivity index (χ4n) is 3.95. The number of halogens is 2. The number of fused-ring (bicyclic) bond motifs is 4. The maximum Gasteiger partial charge on any atom is 0.186 e. The highest BCUT2D eigenvalue weighted by atomic mass is 35.5. The minimum atomic E-state index is 0.200. The lowest BCUT2D eigenvalue weighted by Crippen LogP contribution is -2.34. The third kappa shape index (κ3) is 3.02. The maximum atomic E-state index is 6.26. The van der Waals surface area contributed by atoms with Gasteiger partial charge in [0, 0.05) is 45.6 Å². The van der Waals surface area contributed by atoms with Gasteiger partial charge in [0.25, 0.3) is 0 Å². The van der Waals surface area contributed by atoms with E-state index in [1.54, 1.807) is 11.3 Å². The van der Waals surface area contributed by atoms with Crippen molar-refractivity contribution in [2.24, 2.45) is 10.7 Å². The third-order valence-electron chi connectivity index (χ3n) is 5.12. The quantitative estimate of drug-likeness (QED) is 0.348. The van der Waals surface area contributed by atoms with Crippen molar-refractivity contribution in [3.8, 4) is 0 Å². The van der Waals surface area contributed by atoms with Crippen LogP contribution >= 0.6 is 34.5 Å². The molecule has 0 aliphatic carbocycles. The van der Waals surface area contributed by atoms with Crippen LogP contribution in [0.3, 0.4) is 0 Å². The molecule has 28 heavy (non-hydrogen) atoms. The van der Waals surface area contributed by atoms with Crippen LogP contribution in [0.1, 0.15) is 17.2 Å². The molecule has 8 heteroatoms. The second-order valence-electron chi connectivity index (χ2n) is 6.91. The van der Waals surface area contributed by atoms with Crippen LogP contribution in [0.15, 0.2) is 41.4 Å². The molecular formula is C20H17Cl2N5S. The molecule has 4 aromatic rings. The van der Waals surface area contributed by atoms with E-state index in [1.165, 1.54) is 17.6 Å². The van der Waals surface area contributed by atoms with Crippen LogP contribution < -0.4 is 10.6 Å². The number of thiazole rings is 1. The van der Waals surface area contributed by atoms with Gasteiger partial charge >= 0.3 is 0 Å². The summed E-state index contributed by atoms with van der Waals surface area (Å²) in [6.07, 6.45) is 1.38. The first-order chi connectivity index (χ1) is 13.6. The molecule has 142 valence electrons. The van der Waals surface area contributed by atoms with Gasteiger partial charge < -0.3 is 15.6 Å². The fraction of sp³-hybridized carbons (Fsp3) is 0.200. The Bertz CT molecular complexity index is 1210. The standard InChI is InChI=1S/C20H17Cl2N5S/c21-12-1-3-15-14(5-12)19-11(7-24-10-23)8-27(9-17(19)25-15)20-26-16-4-2-13(22)6-18(16)28-20/h1-6,10-11,25H,7-9H2,(H2,23,24). The topological polar surface area (TPSA) is 70.3 Å². The molecule has 0 spiro atoms. The fourth-order valence-corrected chi connectivity index (χ4v) is 5.37. The Balaban J connectivity index is 1.59. The molecule has 0 radical (unpaired) electrons. The number of benzene rings is 2. The van der Waals surface area contributed by atoms with Gasteiger partial charge in [0.15, 0.2) is 5.13 Å². The Hall–Kier alpha value is -2.28. The Morgan fingerprint density at radius 1 is 1.25 bits per heavy atom. The summed E-state index contributed by atoms with van der Waals surface area (Å²) in [6, 6.07) is 11.8. The van der Waals surface area contributed by atoms with Gasteiger partial charge in [-0.2, -0.15) is 0 Å². The smallest absolute Gasteiger partial charge is 0.186 e. The predicted molar refractivity (Wildman–Crippen MR) is 119 cm³/mol. The first kappa shape index (κ1) is 17.8. The molecule has 5 nitrogen and oxygen atoms in total. The molecule has 0 fully saturated rings. The number of aromatic amines is 1. The van der Waals surface area contributed by atoms with E-state index >= 15 is 0 Å². The second kappa shape index (κ2) is 6.95. The third-order valence-corrected chi connectivity index (χ3v) is 6.67. The summed E-state index contributed by atoms with van der Waals surface area (Å²) in [5.41, 5.74) is 10.1. The van der Waals surface area contributed by atoms with Crippen molar-refractivity contribution < 1.29 is 0 Å². The van der Waals surface area contributed by atoms with E-state index in [0.717, 1.165) is 49.4 Å². The lowest BCUT2D eigenvalue weighted by Gasteiger charge is -2.32. The van der Waals surface area contributed by atoms with Gasteiger partial charge in [-0.15, -0.1) is 0 Å². The van der Waals surface area contributed by atoms with Gasteiger partial charge in [-0.3, -0.25) is 4.99 Å². The summed E-state index contributed by atoms with van der Waals surface area (Å²) >= 11 is 14.1. The van der Waals surface area contributed by atoms with E-state index in [9.17, 15) is 0 Å². The van der Waals surface area contributed by atoms with Gasteiger partial charge in [0.2, 0.25) is 0 Å². The largest absolute Gasteiger partial charge is 0.390 e. The first-order valence-electron chi connectivity index (χ1n) is 8.93. The molecule has 1 unspecified atom stereocenters. The van der Waals surface area contributed by atoms with Crippen molar-refractivity contribution in [3.05, 3.63) is 57.7 Å². The van der Waals surface area contributed by atoms with Crippen molar-refractivity contribution in [1.29, 1.82) is 0 Å². The second-order valence-corrected chi connectivity index (χ2v) is 8.79.